The molecule has 4 rings (SSSR count). The number of hydrogen-bond donors (Lipinski definition) is 3. The summed E-state index contributed by atoms with van der Waals surface area (Å²) in [7, 11) is -3.58. The van der Waals surface area contributed by atoms with Crippen LogP contribution in [0.4, 0.5) is 11.4 Å². The number of para-hydroxylation sites is 1. The Morgan fingerprint density at radius 1 is 1.31 bits per heavy atom. The number of rotatable bonds is 6. The smallest absolute Gasteiger partial charge is 0.271 e. The number of thiophene rings is 1. The first-order valence-electron chi connectivity index (χ1n) is 8.33. The molecule has 0 amide bonds. The normalized spacial score (nSPS) is 22.0. The van der Waals surface area contributed by atoms with E-state index < -0.39 is 10.0 Å². The van der Waals surface area contributed by atoms with Crippen molar-refractivity contribution < 1.29 is 13.5 Å². The summed E-state index contributed by atoms with van der Waals surface area (Å²) in [6, 6.07) is 9.03. The molecular formula is C17H19N3O3S3. The van der Waals surface area contributed by atoms with Crippen molar-refractivity contribution in [3.63, 3.8) is 0 Å². The number of aliphatic imine (C=N–C) groups is 1. The maximum Gasteiger partial charge on any atom is 0.271 e. The molecule has 138 valence electrons. The SMILES string of the molecule is O=S(=O)(Nc1cccc2c1NC(C1=NCC(CCO)S1)C2)c1cccs1. The van der Waals surface area contributed by atoms with E-state index in [-0.39, 0.29) is 12.6 Å². The zero-order chi connectivity index (χ0) is 18.1. The van der Waals surface area contributed by atoms with Crippen LogP contribution in [0.3, 0.4) is 0 Å². The van der Waals surface area contributed by atoms with Crippen LogP contribution < -0.4 is 10.0 Å². The van der Waals surface area contributed by atoms with Crippen LogP contribution in [0.1, 0.15) is 12.0 Å². The lowest BCUT2D eigenvalue weighted by Crippen LogP contribution is -2.24. The number of hydrogen-bond acceptors (Lipinski definition) is 7. The molecule has 9 heteroatoms. The topological polar surface area (TPSA) is 90.8 Å². The summed E-state index contributed by atoms with van der Waals surface area (Å²) in [5.74, 6) is 0. The fourth-order valence-corrected chi connectivity index (χ4v) is 6.39. The molecule has 0 saturated heterocycles. The van der Waals surface area contributed by atoms with Gasteiger partial charge in [0.1, 0.15) is 4.21 Å². The van der Waals surface area contributed by atoms with Gasteiger partial charge in [0.05, 0.1) is 29.0 Å². The van der Waals surface area contributed by atoms with Crippen molar-refractivity contribution >= 4 is 49.5 Å². The lowest BCUT2D eigenvalue weighted by Gasteiger charge is -2.14. The Morgan fingerprint density at radius 3 is 2.96 bits per heavy atom. The molecule has 3 N–H and O–H groups in total. The number of fused-ring (bicyclic) bond motifs is 1. The highest BCUT2D eigenvalue weighted by Crippen LogP contribution is 2.38. The maximum atomic E-state index is 12.5. The minimum Gasteiger partial charge on any atom is -0.396 e. The van der Waals surface area contributed by atoms with Crippen LogP contribution in [0.2, 0.25) is 0 Å². The Kier molecular flexibility index (Phi) is 4.96. The highest BCUT2D eigenvalue weighted by atomic mass is 32.2. The van der Waals surface area contributed by atoms with Gasteiger partial charge in [-0.25, -0.2) is 8.42 Å². The third-order valence-corrected chi connectivity index (χ3v) is 8.52. The van der Waals surface area contributed by atoms with Crippen molar-refractivity contribution in [3.05, 3.63) is 41.3 Å². The van der Waals surface area contributed by atoms with Gasteiger partial charge in [-0.2, -0.15) is 0 Å². The molecule has 0 fully saturated rings. The fraction of sp³-hybridized carbons (Fsp3) is 0.353. The summed E-state index contributed by atoms with van der Waals surface area (Å²) in [6.45, 7) is 0.903. The predicted molar refractivity (Wildman–Crippen MR) is 108 cm³/mol. The van der Waals surface area contributed by atoms with Gasteiger partial charge in [-0.1, -0.05) is 18.2 Å². The Morgan fingerprint density at radius 2 is 2.19 bits per heavy atom. The van der Waals surface area contributed by atoms with Crippen molar-refractivity contribution in [2.24, 2.45) is 4.99 Å². The van der Waals surface area contributed by atoms with Gasteiger partial charge >= 0.3 is 0 Å². The standard InChI is InChI=1S/C17H19N3O3S3/c21-7-6-12-10-18-17(25-12)14-9-11-3-1-4-13(16(11)19-14)20-26(22,23)15-5-2-8-24-15/h1-5,8,12,14,19-21H,6-7,9-10H2. The minimum atomic E-state index is -3.58. The monoisotopic (exact) mass is 409 g/mol. The van der Waals surface area contributed by atoms with Gasteiger partial charge < -0.3 is 10.4 Å². The molecule has 2 atom stereocenters. The second-order valence-electron chi connectivity index (χ2n) is 6.21. The summed E-state index contributed by atoms with van der Waals surface area (Å²) in [6.07, 6.45) is 1.52. The number of sulfonamides is 1. The number of aliphatic hydroxyl groups is 1. The first-order valence-corrected chi connectivity index (χ1v) is 11.6. The van der Waals surface area contributed by atoms with Crippen LogP contribution in [0.15, 0.2) is 44.9 Å². The Hall–Kier alpha value is -1.55. The predicted octanol–water partition coefficient (Wildman–Crippen LogP) is 2.78. The summed E-state index contributed by atoms with van der Waals surface area (Å²) in [5.41, 5.74) is 2.47. The molecule has 0 bridgehead atoms. The van der Waals surface area contributed by atoms with E-state index in [1.807, 2.05) is 12.1 Å². The van der Waals surface area contributed by atoms with E-state index in [0.29, 0.717) is 15.1 Å². The molecule has 2 aliphatic heterocycles. The molecule has 2 aromatic rings. The van der Waals surface area contributed by atoms with E-state index in [2.05, 4.69) is 15.0 Å². The average Bonchev–Trinajstić information content (AvgIpc) is 3.35. The van der Waals surface area contributed by atoms with Crippen molar-refractivity contribution in [2.45, 2.75) is 28.3 Å². The van der Waals surface area contributed by atoms with E-state index in [1.54, 1.807) is 35.3 Å². The Bertz CT molecular complexity index is 926. The molecular weight excluding hydrogens is 390 g/mol. The highest BCUT2D eigenvalue weighted by molar-refractivity contribution is 8.14. The molecule has 0 aliphatic carbocycles. The zero-order valence-corrected chi connectivity index (χ0v) is 16.3. The van der Waals surface area contributed by atoms with Crippen molar-refractivity contribution in [1.82, 2.24) is 0 Å². The van der Waals surface area contributed by atoms with Crippen molar-refractivity contribution in [1.29, 1.82) is 0 Å². The lowest BCUT2D eigenvalue weighted by molar-refractivity contribution is 0.288. The van der Waals surface area contributed by atoms with E-state index >= 15 is 0 Å². The second-order valence-corrected chi connectivity index (χ2v) is 10.4. The van der Waals surface area contributed by atoms with Gasteiger partial charge in [0, 0.05) is 18.3 Å². The molecule has 0 saturated carbocycles. The first-order chi connectivity index (χ1) is 12.6. The van der Waals surface area contributed by atoms with Gasteiger partial charge in [0.25, 0.3) is 10.0 Å². The van der Waals surface area contributed by atoms with Crippen LogP contribution in [-0.2, 0) is 16.4 Å². The van der Waals surface area contributed by atoms with Crippen molar-refractivity contribution in [2.75, 3.05) is 23.2 Å². The summed E-state index contributed by atoms with van der Waals surface area (Å²) < 4.78 is 28.1. The molecule has 2 aliphatic rings. The first kappa shape index (κ1) is 17.8. The van der Waals surface area contributed by atoms with Gasteiger partial charge in [-0.15, -0.1) is 23.1 Å². The summed E-state index contributed by atoms with van der Waals surface area (Å²) in [4.78, 5) is 4.61. The largest absolute Gasteiger partial charge is 0.396 e. The molecule has 2 unspecified atom stereocenters. The highest BCUT2D eigenvalue weighted by Gasteiger charge is 2.32. The zero-order valence-electron chi connectivity index (χ0n) is 13.9. The number of nitrogens with zero attached hydrogens (tertiary/aromatic N) is 1. The minimum absolute atomic E-state index is 0.0612. The number of aliphatic hydroxyl groups excluding tert-OH is 1. The summed E-state index contributed by atoms with van der Waals surface area (Å²) in [5, 5.41) is 15.6. The van der Waals surface area contributed by atoms with Crippen molar-refractivity contribution in [3.8, 4) is 0 Å². The number of anilines is 2. The lowest BCUT2D eigenvalue weighted by atomic mass is 10.1. The number of nitrogens with one attached hydrogen (secondary N) is 2. The number of thioether (sulfide) groups is 1. The third-order valence-electron chi connectivity index (χ3n) is 4.38. The maximum absolute atomic E-state index is 12.5. The van der Waals surface area contributed by atoms with Gasteiger partial charge in [-0.05, 0) is 29.5 Å². The van der Waals surface area contributed by atoms with Crippen LogP contribution in [0, 0.1) is 0 Å². The Labute approximate surface area is 160 Å². The second kappa shape index (κ2) is 7.22. The van der Waals surface area contributed by atoms with Gasteiger partial charge in [-0.3, -0.25) is 9.71 Å². The molecule has 1 aromatic heterocycles. The van der Waals surface area contributed by atoms with Gasteiger partial charge in [0.2, 0.25) is 0 Å². The molecule has 0 radical (unpaired) electrons. The molecule has 3 heterocycles. The van der Waals surface area contributed by atoms with E-state index in [9.17, 15) is 8.42 Å². The van der Waals surface area contributed by atoms with Crippen LogP contribution in [0.25, 0.3) is 0 Å². The average molecular weight is 410 g/mol. The van der Waals surface area contributed by atoms with Crippen LogP contribution in [-0.4, -0.2) is 43.0 Å². The van der Waals surface area contributed by atoms with E-state index in [0.717, 1.165) is 35.7 Å². The van der Waals surface area contributed by atoms with E-state index in [1.165, 1.54) is 11.3 Å². The molecule has 1 aromatic carbocycles. The summed E-state index contributed by atoms with van der Waals surface area (Å²) >= 11 is 2.91. The third kappa shape index (κ3) is 3.48. The van der Waals surface area contributed by atoms with E-state index in [4.69, 9.17) is 5.11 Å². The molecule has 26 heavy (non-hydrogen) atoms. The quantitative estimate of drug-likeness (QED) is 0.682. The van der Waals surface area contributed by atoms with Crippen LogP contribution in [0.5, 0.6) is 0 Å². The van der Waals surface area contributed by atoms with Gasteiger partial charge in [0.15, 0.2) is 0 Å². The Balaban J connectivity index is 1.52. The molecule has 0 spiro atoms. The number of benzene rings is 1. The molecule has 6 nitrogen and oxygen atoms in total. The fourth-order valence-electron chi connectivity index (χ4n) is 3.16. The van der Waals surface area contributed by atoms with Crippen LogP contribution >= 0.6 is 23.1 Å².